The van der Waals surface area contributed by atoms with Crippen molar-refractivity contribution in [3.8, 4) is 0 Å². The van der Waals surface area contributed by atoms with Crippen LogP contribution in [-0.2, 0) is 23.0 Å². The average Bonchev–Trinajstić information content (AvgIpc) is 3.32. The highest BCUT2D eigenvalue weighted by Gasteiger charge is 2.35. The number of hydrogen-bond donors (Lipinski definition) is 1. The lowest BCUT2D eigenvalue weighted by Crippen LogP contribution is -2.43. The third kappa shape index (κ3) is 3.92. The molecular weight excluding hydrogens is 416 g/mol. The van der Waals surface area contributed by atoms with Crippen molar-refractivity contribution in [3.05, 3.63) is 47.9 Å². The van der Waals surface area contributed by atoms with Gasteiger partial charge in [0.2, 0.25) is 0 Å². The monoisotopic (exact) mass is 450 g/mol. The number of ether oxygens (including phenoxy) is 1. The molecule has 7 nitrogen and oxygen atoms in total. The molecule has 0 radical (unpaired) electrons. The van der Waals surface area contributed by atoms with Gasteiger partial charge in [0.05, 0.1) is 5.92 Å². The Morgan fingerprint density at radius 3 is 2.70 bits per heavy atom. The highest BCUT2D eigenvalue weighted by atomic mass is 16.5. The van der Waals surface area contributed by atoms with Gasteiger partial charge in [-0.05, 0) is 38.7 Å². The number of fused-ring (bicyclic) bond motifs is 3. The van der Waals surface area contributed by atoms with Gasteiger partial charge in [-0.3, -0.25) is 9.59 Å². The van der Waals surface area contributed by atoms with Crippen molar-refractivity contribution in [3.63, 3.8) is 0 Å². The molecule has 7 heteroatoms. The number of carbonyl (C=O) groups excluding carboxylic acids is 2. The minimum atomic E-state index is -0.188. The summed E-state index contributed by atoms with van der Waals surface area (Å²) in [5.74, 6) is -0.179. The molecule has 0 bridgehead atoms. The summed E-state index contributed by atoms with van der Waals surface area (Å²) < 4.78 is 7.79. The first kappa shape index (κ1) is 22.0. The lowest BCUT2D eigenvalue weighted by atomic mass is 9.84. The summed E-state index contributed by atoms with van der Waals surface area (Å²) in [6, 6.07) is 8.08. The Kier molecular flexibility index (Phi) is 5.91. The zero-order chi connectivity index (χ0) is 23.1. The predicted octanol–water partition coefficient (Wildman–Crippen LogP) is 3.38. The number of ketones is 1. The number of para-hydroxylation sites is 1. The van der Waals surface area contributed by atoms with E-state index in [0.29, 0.717) is 6.54 Å². The molecule has 2 unspecified atom stereocenters. The maximum atomic E-state index is 13.5. The van der Waals surface area contributed by atoms with E-state index in [-0.39, 0.29) is 42.5 Å². The molecule has 1 saturated carbocycles. The molecule has 1 aliphatic heterocycles. The van der Waals surface area contributed by atoms with Gasteiger partial charge in [-0.15, -0.1) is 0 Å². The Balaban J connectivity index is 1.21. The zero-order valence-corrected chi connectivity index (χ0v) is 19.6. The minimum absolute atomic E-state index is 0.0274. The van der Waals surface area contributed by atoms with Gasteiger partial charge in [-0.25, -0.2) is 0 Å². The first-order chi connectivity index (χ1) is 16.0. The maximum Gasteiger partial charge on any atom is 0.312 e. The molecule has 1 aromatic carbocycles. The molecule has 2 aliphatic carbocycles. The van der Waals surface area contributed by atoms with Gasteiger partial charge in [0.1, 0.15) is 6.17 Å². The number of aromatic nitrogens is 1. The van der Waals surface area contributed by atoms with E-state index in [1.165, 1.54) is 0 Å². The highest BCUT2D eigenvalue weighted by molar-refractivity contribution is 6.11. The topological polar surface area (TPSA) is 80.8 Å². The lowest BCUT2D eigenvalue weighted by molar-refractivity contribution is -0.155. The van der Waals surface area contributed by atoms with Gasteiger partial charge in [-0.1, -0.05) is 31.0 Å². The Labute approximate surface area is 195 Å². The molecule has 2 aromatic rings. The zero-order valence-electron chi connectivity index (χ0n) is 19.6. The van der Waals surface area contributed by atoms with Crippen LogP contribution in [0.25, 0.3) is 10.9 Å². The van der Waals surface area contributed by atoms with Crippen molar-refractivity contribution in [2.24, 2.45) is 24.6 Å². The SMILES string of the molecule is CC1N(COC(=O)[C@@H]2CCCC[C@H]2N)C=CN1CC1CCc2c(c3ccccc3n2C)C1=O. The van der Waals surface area contributed by atoms with Gasteiger partial charge in [0.25, 0.3) is 0 Å². The minimum Gasteiger partial charge on any atom is -0.444 e. The standard InChI is InChI=1S/C26H34N4O3/c1-17-29(13-14-30(17)16-33-26(32)19-7-3-5-9-21(19)27)15-18-11-12-23-24(25(18)31)20-8-4-6-10-22(20)28(23)2/h4,6,8,10,13-14,17-19,21H,3,5,7,9,11-12,15-16,27H2,1-2H3/t17?,18?,19-,21-/m1/s1. The summed E-state index contributed by atoms with van der Waals surface area (Å²) in [6.07, 6.45) is 9.58. The first-order valence-electron chi connectivity index (χ1n) is 12.2. The second kappa shape index (κ2) is 8.86. The van der Waals surface area contributed by atoms with Gasteiger partial charge < -0.3 is 24.8 Å². The molecule has 176 valence electrons. The van der Waals surface area contributed by atoms with Crippen molar-refractivity contribution in [2.45, 2.75) is 57.7 Å². The van der Waals surface area contributed by atoms with Crippen LogP contribution in [0.15, 0.2) is 36.7 Å². The van der Waals surface area contributed by atoms with Crippen molar-refractivity contribution >= 4 is 22.7 Å². The molecule has 2 heterocycles. The van der Waals surface area contributed by atoms with Crippen LogP contribution in [0.3, 0.4) is 0 Å². The van der Waals surface area contributed by atoms with Crippen molar-refractivity contribution < 1.29 is 14.3 Å². The molecule has 2 N–H and O–H groups in total. The van der Waals surface area contributed by atoms with E-state index in [9.17, 15) is 9.59 Å². The Morgan fingerprint density at radius 2 is 1.88 bits per heavy atom. The van der Waals surface area contributed by atoms with Crippen LogP contribution >= 0.6 is 0 Å². The predicted molar refractivity (Wildman–Crippen MR) is 127 cm³/mol. The number of benzene rings is 1. The summed E-state index contributed by atoms with van der Waals surface area (Å²) in [7, 11) is 2.05. The van der Waals surface area contributed by atoms with E-state index in [1.54, 1.807) is 0 Å². The molecule has 1 aromatic heterocycles. The number of carbonyl (C=O) groups is 2. The summed E-state index contributed by atoms with van der Waals surface area (Å²) in [6.45, 7) is 2.95. The summed E-state index contributed by atoms with van der Waals surface area (Å²) >= 11 is 0. The van der Waals surface area contributed by atoms with Crippen LogP contribution in [0, 0.1) is 11.8 Å². The summed E-state index contributed by atoms with van der Waals surface area (Å²) in [4.78, 5) is 30.2. The quantitative estimate of drug-likeness (QED) is 0.704. The second-order valence-corrected chi connectivity index (χ2v) is 9.79. The molecular formula is C26H34N4O3. The van der Waals surface area contributed by atoms with Crippen molar-refractivity contribution in [2.75, 3.05) is 13.3 Å². The number of hydrogen-bond acceptors (Lipinski definition) is 6. The van der Waals surface area contributed by atoms with Gasteiger partial charge in [0.15, 0.2) is 12.5 Å². The normalized spacial score (nSPS) is 27.3. The van der Waals surface area contributed by atoms with Gasteiger partial charge in [0, 0.05) is 60.1 Å². The maximum absolute atomic E-state index is 13.5. The fourth-order valence-electron chi connectivity index (χ4n) is 5.76. The number of Topliss-reactive ketones (excluding diaryl/α,β-unsaturated/α-hetero) is 1. The lowest BCUT2D eigenvalue weighted by Gasteiger charge is -2.33. The third-order valence-corrected chi connectivity index (χ3v) is 7.89. The summed E-state index contributed by atoms with van der Waals surface area (Å²) in [5.41, 5.74) is 9.30. The van der Waals surface area contributed by atoms with E-state index < -0.39 is 0 Å². The number of nitrogens with two attached hydrogens (primary N) is 1. The van der Waals surface area contributed by atoms with E-state index in [1.807, 2.05) is 29.4 Å². The van der Waals surface area contributed by atoms with Crippen LogP contribution in [0.1, 0.15) is 55.1 Å². The fraction of sp³-hybridized carbons (Fsp3) is 0.538. The third-order valence-electron chi connectivity index (χ3n) is 7.89. The van der Waals surface area contributed by atoms with Gasteiger partial charge >= 0.3 is 5.97 Å². The molecule has 0 spiro atoms. The number of esters is 1. The largest absolute Gasteiger partial charge is 0.444 e. The average molecular weight is 451 g/mol. The number of rotatable bonds is 5. The number of aryl methyl sites for hydroxylation is 1. The molecule has 33 heavy (non-hydrogen) atoms. The van der Waals surface area contributed by atoms with Crippen LogP contribution in [-0.4, -0.2) is 51.6 Å². The van der Waals surface area contributed by atoms with Gasteiger partial charge in [-0.2, -0.15) is 0 Å². The van der Waals surface area contributed by atoms with Crippen molar-refractivity contribution in [1.82, 2.24) is 14.4 Å². The highest BCUT2D eigenvalue weighted by Crippen LogP contribution is 2.35. The van der Waals surface area contributed by atoms with E-state index in [0.717, 1.165) is 60.7 Å². The fourth-order valence-corrected chi connectivity index (χ4v) is 5.76. The Morgan fingerprint density at radius 1 is 1.12 bits per heavy atom. The van der Waals surface area contributed by atoms with E-state index >= 15 is 0 Å². The van der Waals surface area contributed by atoms with Crippen LogP contribution < -0.4 is 5.73 Å². The molecule has 4 atom stereocenters. The van der Waals surface area contributed by atoms with Crippen molar-refractivity contribution in [1.29, 1.82) is 0 Å². The smallest absolute Gasteiger partial charge is 0.312 e. The summed E-state index contributed by atoms with van der Waals surface area (Å²) in [5, 5.41) is 1.06. The molecule has 5 rings (SSSR count). The van der Waals surface area contributed by atoms with E-state index in [4.69, 9.17) is 10.5 Å². The Hall–Kier alpha value is -2.80. The molecule has 1 fully saturated rings. The first-order valence-corrected chi connectivity index (χ1v) is 12.2. The van der Waals surface area contributed by atoms with Crippen LogP contribution in [0.2, 0.25) is 0 Å². The van der Waals surface area contributed by atoms with Crippen LogP contribution in [0.5, 0.6) is 0 Å². The number of nitrogens with zero attached hydrogens (tertiary/aromatic N) is 3. The molecule has 0 saturated heterocycles. The Bertz CT molecular complexity index is 1090. The van der Waals surface area contributed by atoms with E-state index in [2.05, 4.69) is 35.6 Å². The molecule has 3 aliphatic rings. The second-order valence-electron chi connectivity index (χ2n) is 9.79. The van der Waals surface area contributed by atoms with Crippen LogP contribution in [0.4, 0.5) is 0 Å². The molecule has 0 amide bonds.